The van der Waals surface area contributed by atoms with E-state index < -0.39 is 5.22 Å². The van der Waals surface area contributed by atoms with E-state index in [9.17, 15) is 4.39 Å². The van der Waals surface area contributed by atoms with Crippen LogP contribution in [0.1, 0.15) is 36.5 Å². The number of hydrogen-bond donors (Lipinski definition) is 1. The van der Waals surface area contributed by atoms with Crippen LogP contribution in [0, 0.1) is 5.82 Å². The lowest BCUT2D eigenvalue weighted by Gasteiger charge is -2.39. The summed E-state index contributed by atoms with van der Waals surface area (Å²) >= 11 is 5.88. The predicted octanol–water partition coefficient (Wildman–Crippen LogP) is 3.11. The maximum atomic E-state index is 14.3. The van der Waals surface area contributed by atoms with E-state index in [1.165, 1.54) is 6.07 Å². The number of likely N-dealkylation sites (tertiary alicyclic amines) is 1. The Bertz CT molecular complexity index is 1740. The van der Waals surface area contributed by atoms with E-state index >= 15 is 0 Å². The van der Waals surface area contributed by atoms with E-state index in [2.05, 4.69) is 55.3 Å². The van der Waals surface area contributed by atoms with Crippen LogP contribution in [0.2, 0.25) is 5.02 Å². The first-order chi connectivity index (χ1) is 20.9. The first-order valence-corrected chi connectivity index (χ1v) is 14.9. The molecular formula is C28H27ClFN10O2Si. The van der Waals surface area contributed by atoms with Crippen LogP contribution in [-0.2, 0) is 24.2 Å². The summed E-state index contributed by atoms with van der Waals surface area (Å²) in [5.41, 5.74) is 2.83. The highest BCUT2D eigenvalue weighted by atomic mass is 35.5. The molecule has 1 atom stereocenters. The number of hydrogen-bond acceptors (Lipinski definition) is 10. The highest BCUT2D eigenvalue weighted by Crippen LogP contribution is 2.29. The minimum Gasteiger partial charge on any atom is -0.474 e. The van der Waals surface area contributed by atoms with E-state index in [1.807, 2.05) is 12.3 Å². The number of ether oxygens (including phenoxy) is 2. The Morgan fingerprint density at radius 2 is 2.02 bits per heavy atom. The van der Waals surface area contributed by atoms with Crippen molar-refractivity contribution in [3.05, 3.63) is 70.8 Å². The molecule has 1 N–H and O–H groups in total. The zero-order chi connectivity index (χ0) is 29.4. The minimum atomic E-state index is -0.411. The van der Waals surface area contributed by atoms with Crippen molar-refractivity contribution in [3.63, 3.8) is 0 Å². The molecule has 6 heterocycles. The molecule has 219 valence electrons. The monoisotopic (exact) mass is 617 g/mol. The van der Waals surface area contributed by atoms with Crippen molar-refractivity contribution in [1.29, 1.82) is 0 Å². The number of benzene rings is 1. The molecule has 12 nitrogen and oxygen atoms in total. The molecule has 2 aliphatic rings. The van der Waals surface area contributed by atoms with Crippen LogP contribution >= 0.6 is 11.6 Å². The van der Waals surface area contributed by atoms with Gasteiger partial charge in [-0.2, -0.15) is 10.2 Å². The van der Waals surface area contributed by atoms with E-state index in [1.54, 1.807) is 24.4 Å². The zero-order valence-electron chi connectivity index (χ0n) is 23.1. The van der Waals surface area contributed by atoms with Gasteiger partial charge in [-0.1, -0.05) is 17.7 Å². The molecule has 3 radical (unpaired) electrons. The molecule has 0 saturated carbocycles. The van der Waals surface area contributed by atoms with Gasteiger partial charge in [0.2, 0.25) is 11.7 Å². The van der Waals surface area contributed by atoms with Gasteiger partial charge >= 0.3 is 0 Å². The number of imidazole rings is 1. The molecule has 2 saturated heterocycles. The van der Waals surface area contributed by atoms with E-state index in [-0.39, 0.29) is 18.3 Å². The van der Waals surface area contributed by atoms with Crippen LogP contribution in [0.4, 0.5) is 4.39 Å². The van der Waals surface area contributed by atoms with Gasteiger partial charge in [0.25, 0.3) is 0 Å². The average Bonchev–Trinajstić information content (AvgIpc) is 3.63. The van der Waals surface area contributed by atoms with Gasteiger partial charge in [-0.25, -0.2) is 14.4 Å². The Morgan fingerprint density at radius 3 is 2.77 bits per heavy atom. The lowest BCUT2D eigenvalue weighted by molar-refractivity contribution is -0.0947. The van der Waals surface area contributed by atoms with Crippen LogP contribution in [0.25, 0.3) is 22.6 Å². The highest BCUT2D eigenvalue weighted by molar-refractivity contribution is 6.30. The molecule has 7 rings (SSSR count). The fourth-order valence-electron chi connectivity index (χ4n) is 5.41. The summed E-state index contributed by atoms with van der Waals surface area (Å²) in [6, 6.07) is 8.24. The quantitative estimate of drug-likeness (QED) is 0.246. The van der Waals surface area contributed by atoms with Crippen LogP contribution in [0.3, 0.4) is 0 Å². The van der Waals surface area contributed by atoms with Gasteiger partial charge in [0.15, 0.2) is 0 Å². The third-order valence-electron chi connectivity index (χ3n) is 7.82. The number of aromatic nitrogens is 9. The van der Waals surface area contributed by atoms with Crippen LogP contribution in [0.15, 0.2) is 42.7 Å². The third-order valence-corrected chi connectivity index (χ3v) is 8.60. The fourth-order valence-corrected chi connectivity index (χ4v) is 5.94. The molecular weight excluding hydrogens is 591 g/mol. The molecule has 0 amide bonds. The largest absolute Gasteiger partial charge is 0.474 e. The average molecular weight is 618 g/mol. The summed E-state index contributed by atoms with van der Waals surface area (Å²) in [4.78, 5) is 20.8. The molecule has 5 aromatic rings. The summed E-state index contributed by atoms with van der Waals surface area (Å²) in [5, 5.41) is 14.1. The second-order valence-electron chi connectivity index (χ2n) is 10.8. The normalized spacial score (nSPS) is 19.5. The molecule has 4 aromatic heterocycles. The zero-order valence-corrected chi connectivity index (χ0v) is 24.8. The van der Waals surface area contributed by atoms with Gasteiger partial charge < -0.3 is 14.0 Å². The van der Waals surface area contributed by atoms with Crippen molar-refractivity contribution in [3.8, 4) is 17.4 Å². The van der Waals surface area contributed by atoms with E-state index in [4.69, 9.17) is 26.1 Å². The van der Waals surface area contributed by atoms with Gasteiger partial charge in [-0.3, -0.25) is 9.88 Å². The van der Waals surface area contributed by atoms with Crippen molar-refractivity contribution in [2.45, 2.75) is 50.1 Å². The summed E-state index contributed by atoms with van der Waals surface area (Å²) < 4.78 is 28.5. The second kappa shape index (κ2) is 11.7. The van der Waals surface area contributed by atoms with E-state index in [0.717, 1.165) is 55.8 Å². The Hall–Kier alpha value is -3.85. The number of piperidine rings is 1. The minimum absolute atomic E-state index is 0.0145. The number of halogens is 2. The lowest BCUT2D eigenvalue weighted by atomic mass is 10.1. The number of aromatic amines is 1. The molecule has 43 heavy (non-hydrogen) atoms. The van der Waals surface area contributed by atoms with Crippen LogP contribution < -0.4 is 4.74 Å². The predicted molar refractivity (Wildman–Crippen MR) is 155 cm³/mol. The van der Waals surface area contributed by atoms with E-state index in [0.29, 0.717) is 46.9 Å². The third kappa shape index (κ3) is 6.13. The number of tetrazole rings is 1. The first-order valence-electron chi connectivity index (χ1n) is 14.0. The standard InChI is InChI=1S/C28H27ClFN10O2Si/c29-18-2-1-17(20(30)12-18)11-24-31-7-3-26(34-24)42-19-4-8-39(9-5-19)15-25-33-21-13-22(27-35-37-38-36-27)32-14-23(21)40(25)16-28(43)6-10-41-28/h1-3,7,12-14,19H,4-6,8-11,15-16H2,(H,35,36,37,38)/t28-/m1/s1. The molecule has 0 bridgehead atoms. The topological polar surface area (TPSA) is 133 Å². The lowest BCUT2D eigenvalue weighted by Crippen LogP contribution is -2.48. The number of nitrogens with zero attached hydrogens (tertiary/aromatic N) is 9. The molecule has 0 spiro atoms. The molecule has 2 aliphatic heterocycles. The number of H-pyrrole nitrogens is 1. The maximum Gasteiger partial charge on any atom is 0.223 e. The van der Waals surface area contributed by atoms with Crippen molar-refractivity contribution in [2.75, 3.05) is 19.7 Å². The van der Waals surface area contributed by atoms with Crippen molar-refractivity contribution < 1.29 is 13.9 Å². The SMILES string of the molecule is Fc1cc(Cl)ccc1Cc1nccc(OC2CCN(Cc3nc4cc(-c5nn[nH]n5)ncc4n3C[C@]3([Si])CCO3)CC2)n1. The Morgan fingerprint density at radius 1 is 1.16 bits per heavy atom. The number of rotatable bonds is 9. The number of pyridine rings is 1. The summed E-state index contributed by atoms with van der Waals surface area (Å²) in [5.74, 6) is 1.97. The Labute approximate surface area is 254 Å². The summed E-state index contributed by atoms with van der Waals surface area (Å²) in [7, 11) is 3.82. The molecule has 1 aromatic carbocycles. The first kappa shape index (κ1) is 27.9. The highest BCUT2D eigenvalue weighted by Gasteiger charge is 2.35. The maximum absolute atomic E-state index is 14.3. The van der Waals surface area contributed by atoms with Gasteiger partial charge in [0.05, 0.1) is 39.2 Å². The molecule has 15 heteroatoms. The summed E-state index contributed by atoms with van der Waals surface area (Å²) in [6.45, 7) is 3.69. The van der Waals surface area contributed by atoms with Crippen molar-refractivity contribution >= 4 is 32.9 Å². The fraction of sp³-hybridized carbons (Fsp3) is 0.393. The molecule has 2 fully saturated rings. The van der Waals surface area contributed by atoms with Gasteiger partial charge in [0.1, 0.15) is 29.3 Å². The Kier molecular flexibility index (Phi) is 7.59. The van der Waals surface area contributed by atoms with Gasteiger partial charge in [-0.15, -0.1) is 10.2 Å². The van der Waals surface area contributed by atoms with Crippen LogP contribution in [-0.4, -0.2) is 91.3 Å². The second-order valence-corrected chi connectivity index (χ2v) is 12.2. The van der Waals surface area contributed by atoms with Gasteiger partial charge in [-0.05, 0) is 48.2 Å². The Balaban J connectivity index is 1.02. The van der Waals surface area contributed by atoms with Gasteiger partial charge in [0, 0.05) is 49.9 Å². The van der Waals surface area contributed by atoms with Crippen LogP contribution in [0.5, 0.6) is 5.88 Å². The summed E-state index contributed by atoms with van der Waals surface area (Å²) in [6.07, 6.45) is 6.31. The van der Waals surface area contributed by atoms with Crippen molar-refractivity contribution in [2.24, 2.45) is 0 Å². The smallest absolute Gasteiger partial charge is 0.223 e. The number of nitrogens with one attached hydrogen (secondary N) is 1. The number of fused-ring (bicyclic) bond motifs is 1. The van der Waals surface area contributed by atoms with Crippen molar-refractivity contribution in [1.82, 2.24) is 50.0 Å². The molecule has 0 aliphatic carbocycles. The molecule has 0 unspecified atom stereocenters.